The molecule has 1 amide bonds. The lowest BCUT2D eigenvalue weighted by Crippen LogP contribution is -2.44. The van der Waals surface area contributed by atoms with E-state index in [2.05, 4.69) is 15.3 Å². The SMILES string of the molecule is Cc1cc(Cl)cc(-c2ncnc3cc(CN4CN(CC(F)(F)F)C=CC4=O)sc23)c1CC1CNCCO1. The van der Waals surface area contributed by atoms with Gasteiger partial charge in [0, 0.05) is 47.2 Å². The summed E-state index contributed by atoms with van der Waals surface area (Å²) in [5.74, 6) is -0.337. The molecule has 37 heavy (non-hydrogen) atoms. The van der Waals surface area contributed by atoms with Crippen LogP contribution in [0.1, 0.15) is 16.0 Å². The Labute approximate surface area is 220 Å². The molecule has 1 aromatic carbocycles. The van der Waals surface area contributed by atoms with Crippen molar-refractivity contribution in [1.29, 1.82) is 0 Å². The molecule has 0 spiro atoms. The Kier molecular flexibility index (Phi) is 7.39. The maximum absolute atomic E-state index is 12.9. The zero-order valence-electron chi connectivity index (χ0n) is 20.0. The smallest absolute Gasteiger partial charge is 0.375 e. The Balaban J connectivity index is 1.45. The Morgan fingerprint density at radius 2 is 2.11 bits per heavy atom. The molecule has 5 rings (SSSR count). The fourth-order valence-corrected chi connectivity index (χ4v) is 6.07. The Morgan fingerprint density at radius 1 is 1.27 bits per heavy atom. The summed E-state index contributed by atoms with van der Waals surface area (Å²) in [7, 11) is 0. The lowest BCUT2D eigenvalue weighted by Gasteiger charge is -2.32. The second kappa shape index (κ2) is 10.6. The predicted octanol–water partition coefficient (Wildman–Crippen LogP) is 4.53. The van der Waals surface area contributed by atoms with Gasteiger partial charge in [-0.3, -0.25) is 4.79 Å². The number of thiophene rings is 1. The van der Waals surface area contributed by atoms with Crippen LogP contribution in [0, 0.1) is 6.92 Å². The van der Waals surface area contributed by atoms with E-state index in [-0.39, 0.29) is 25.2 Å². The number of carbonyl (C=O) groups excluding carboxylic acids is 1. The highest BCUT2D eigenvalue weighted by Gasteiger charge is 2.32. The van der Waals surface area contributed by atoms with Crippen LogP contribution in [0.25, 0.3) is 21.5 Å². The van der Waals surface area contributed by atoms with E-state index in [0.29, 0.717) is 23.6 Å². The van der Waals surface area contributed by atoms with Crippen LogP contribution in [-0.4, -0.2) is 70.9 Å². The van der Waals surface area contributed by atoms with Crippen molar-refractivity contribution in [1.82, 2.24) is 25.1 Å². The molecule has 1 saturated heterocycles. The van der Waals surface area contributed by atoms with E-state index in [1.165, 1.54) is 28.8 Å². The van der Waals surface area contributed by atoms with Gasteiger partial charge in [-0.25, -0.2) is 9.97 Å². The number of nitrogens with one attached hydrogen (secondary N) is 1. The summed E-state index contributed by atoms with van der Waals surface area (Å²) >= 11 is 7.88. The Bertz CT molecular complexity index is 1340. The van der Waals surface area contributed by atoms with Crippen LogP contribution < -0.4 is 5.32 Å². The molecular weight excluding hydrogens is 527 g/mol. The number of ether oxygens (including phenoxy) is 1. The molecular formula is C25H25ClF3N5O2S. The topological polar surface area (TPSA) is 70.6 Å². The van der Waals surface area contributed by atoms with Gasteiger partial charge in [0.05, 0.1) is 41.8 Å². The fraction of sp³-hybridized carbons (Fsp3) is 0.400. The molecule has 7 nitrogen and oxygen atoms in total. The van der Waals surface area contributed by atoms with Crippen molar-refractivity contribution in [2.45, 2.75) is 32.2 Å². The summed E-state index contributed by atoms with van der Waals surface area (Å²) in [4.78, 5) is 24.7. The zero-order valence-corrected chi connectivity index (χ0v) is 21.6. The van der Waals surface area contributed by atoms with Crippen LogP contribution in [0.4, 0.5) is 13.2 Å². The molecule has 0 bridgehead atoms. The van der Waals surface area contributed by atoms with Crippen molar-refractivity contribution >= 4 is 39.1 Å². The lowest BCUT2D eigenvalue weighted by molar-refractivity contribution is -0.150. The molecule has 2 aliphatic rings. The number of aryl methyl sites for hydroxylation is 1. The van der Waals surface area contributed by atoms with Gasteiger partial charge >= 0.3 is 6.18 Å². The standard InChI is InChI=1S/C25H25ClF3N5O2S/c1-15-6-16(26)7-20(19(15)8-17-10-30-3-5-36-17)23-24-21(31-13-32-23)9-18(37-24)11-34-14-33(4-2-22(34)35)12-25(27,28)29/h2,4,6-7,9,13,17,30H,3,5,8,10-12,14H2,1H3. The number of benzene rings is 1. The first-order valence-corrected chi connectivity index (χ1v) is 13.0. The molecule has 1 atom stereocenters. The number of aromatic nitrogens is 2. The number of fused-ring (bicyclic) bond motifs is 1. The Morgan fingerprint density at radius 3 is 2.86 bits per heavy atom. The Hall–Kier alpha value is -2.73. The summed E-state index contributed by atoms with van der Waals surface area (Å²) in [6.45, 7) is 3.16. The first-order valence-electron chi connectivity index (χ1n) is 11.8. The third-order valence-corrected chi connectivity index (χ3v) is 7.65. The van der Waals surface area contributed by atoms with Crippen LogP contribution in [0.3, 0.4) is 0 Å². The molecule has 2 aliphatic heterocycles. The van der Waals surface area contributed by atoms with Crippen molar-refractivity contribution in [2.75, 3.05) is 32.9 Å². The van der Waals surface area contributed by atoms with Crippen molar-refractivity contribution in [2.24, 2.45) is 0 Å². The van der Waals surface area contributed by atoms with E-state index in [0.717, 1.165) is 56.0 Å². The van der Waals surface area contributed by atoms with Crippen LogP contribution in [0.5, 0.6) is 0 Å². The number of alkyl halides is 3. The highest BCUT2D eigenvalue weighted by atomic mass is 35.5. The van der Waals surface area contributed by atoms with E-state index in [9.17, 15) is 18.0 Å². The molecule has 0 saturated carbocycles. The van der Waals surface area contributed by atoms with Gasteiger partial charge in [-0.2, -0.15) is 13.2 Å². The van der Waals surface area contributed by atoms with Gasteiger partial charge in [-0.1, -0.05) is 11.6 Å². The third kappa shape index (κ3) is 6.06. The molecule has 2 aromatic heterocycles. The summed E-state index contributed by atoms with van der Waals surface area (Å²) in [6, 6.07) is 5.68. The lowest BCUT2D eigenvalue weighted by atomic mass is 9.94. The highest BCUT2D eigenvalue weighted by Crippen LogP contribution is 2.37. The van der Waals surface area contributed by atoms with E-state index in [1.54, 1.807) is 0 Å². The van der Waals surface area contributed by atoms with E-state index < -0.39 is 12.7 Å². The van der Waals surface area contributed by atoms with Gasteiger partial charge in [-0.15, -0.1) is 11.3 Å². The highest BCUT2D eigenvalue weighted by molar-refractivity contribution is 7.19. The van der Waals surface area contributed by atoms with Gasteiger partial charge in [0.25, 0.3) is 0 Å². The van der Waals surface area contributed by atoms with Crippen LogP contribution in [0.2, 0.25) is 5.02 Å². The average Bonchev–Trinajstić information content (AvgIpc) is 3.25. The van der Waals surface area contributed by atoms with E-state index >= 15 is 0 Å². The monoisotopic (exact) mass is 551 g/mol. The molecule has 0 radical (unpaired) electrons. The minimum Gasteiger partial charge on any atom is -0.375 e. The van der Waals surface area contributed by atoms with Crippen LogP contribution >= 0.6 is 22.9 Å². The van der Waals surface area contributed by atoms with Gasteiger partial charge in [0.2, 0.25) is 5.91 Å². The summed E-state index contributed by atoms with van der Waals surface area (Å²) in [6.07, 6.45) is 0.211. The van der Waals surface area contributed by atoms with Crippen molar-refractivity contribution in [3.63, 3.8) is 0 Å². The minimum atomic E-state index is -4.36. The van der Waals surface area contributed by atoms with Gasteiger partial charge in [0.15, 0.2) is 0 Å². The number of morpholine rings is 1. The first-order chi connectivity index (χ1) is 17.7. The molecule has 1 N–H and O–H groups in total. The first kappa shape index (κ1) is 25.9. The molecule has 1 fully saturated rings. The second-order valence-electron chi connectivity index (χ2n) is 9.15. The molecule has 196 valence electrons. The zero-order chi connectivity index (χ0) is 26.2. The number of amides is 1. The maximum atomic E-state index is 12.9. The molecule has 3 aromatic rings. The normalized spacial score (nSPS) is 18.7. The number of hydrogen-bond donors (Lipinski definition) is 1. The summed E-state index contributed by atoms with van der Waals surface area (Å²) in [5.41, 5.74) is 4.46. The molecule has 4 heterocycles. The molecule has 12 heteroatoms. The predicted molar refractivity (Wildman–Crippen MR) is 136 cm³/mol. The molecule has 0 aliphatic carbocycles. The van der Waals surface area contributed by atoms with E-state index in [1.807, 2.05) is 25.1 Å². The van der Waals surface area contributed by atoms with Crippen molar-refractivity contribution in [3.8, 4) is 11.3 Å². The van der Waals surface area contributed by atoms with Crippen LogP contribution in [-0.2, 0) is 22.5 Å². The minimum absolute atomic E-state index is 0.0291. The largest absolute Gasteiger partial charge is 0.405 e. The van der Waals surface area contributed by atoms with Gasteiger partial charge in [-0.05, 0) is 36.2 Å². The summed E-state index contributed by atoms with van der Waals surface area (Å²) in [5, 5.41) is 3.95. The van der Waals surface area contributed by atoms with E-state index in [4.69, 9.17) is 16.3 Å². The molecule has 1 unspecified atom stereocenters. The van der Waals surface area contributed by atoms with Crippen molar-refractivity contribution in [3.05, 3.63) is 57.8 Å². The van der Waals surface area contributed by atoms with Gasteiger partial charge in [0.1, 0.15) is 12.9 Å². The quantitative estimate of drug-likeness (QED) is 0.485. The average molecular weight is 552 g/mol. The number of nitrogens with zero attached hydrogens (tertiary/aromatic N) is 4. The summed E-state index contributed by atoms with van der Waals surface area (Å²) < 4.78 is 45.4. The van der Waals surface area contributed by atoms with Gasteiger partial charge < -0.3 is 19.9 Å². The number of carbonyl (C=O) groups is 1. The second-order valence-corrected chi connectivity index (χ2v) is 10.7. The fourth-order valence-electron chi connectivity index (χ4n) is 4.67. The number of halogens is 4. The third-order valence-electron chi connectivity index (χ3n) is 6.31. The number of hydrogen-bond acceptors (Lipinski definition) is 7. The number of rotatable bonds is 6. The maximum Gasteiger partial charge on any atom is 0.405 e. The van der Waals surface area contributed by atoms with Crippen LogP contribution in [0.15, 0.2) is 36.8 Å². The van der Waals surface area contributed by atoms with Crippen molar-refractivity contribution < 1.29 is 22.7 Å².